The number of hydrogen-bond donors (Lipinski definition) is 1. The highest BCUT2D eigenvalue weighted by Gasteiger charge is 2.55. The molecule has 27 heavy (non-hydrogen) atoms. The van der Waals surface area contributed by atoms with Gasteiger partial charge in [0.15, 0.2) is 5.78 Å². The Hall–Kier alpha value is -1.91. The third-order valence-electron chi connectivity index (χ3n) is 6.52. The summed E-state index contributed by atoms with van der Waals surface area (Å²) in [5.41, 5.74) is 1.53. The molecule has 5 heteroatoms. The molecule has 5 nitrogen and oxygen atoms in total. The molecular weight excluding hydrogens is 344 g/mol. The maximum absolute atomic E-state index is 12.8. The number of allylic oxidation sites excluding steroid dienone is 2. The minimum atomic E-state index is -1.04. The van der Waals surface area contributed by atoms with Gasteiger partial charge < -0.3 is 9.84 Å². The third kappa shape index (κ3) is 4.69. The van der Waals surface area contributed by atoms with Crippen LogP contribution in [0.5, 0.6) is 0 Å². The first-order valence-electron chi connectivity index (χ1n) is 9.75. The first-order chi connectivity index (χ1) is 12.5. The number of ketones is 1. The van der Waals surface area contributed by atoms with E-state index < -0.39 is 11.9 Å². The summed E-state index contributed by atoms with van der Waals surface area (Å²) in [7, 11) is 0. The number of esters is 1. The Morgan fingerprint density at radius 2 is 1.96 bits per heavy atom. The molecule has 0 bridgehead atoms. The molecule has 0 aromatic rings. The molecule has 3 atom stereocenters. The standard InChI is InChI=1S/C22H32O5/c1-14-11-18(24)20-21(3,4)9-6-10-22(20,5)17(14)8-7-16(12-19(25)26)13-27-15(2)23/h11-12,17,20H,6-10,13H2,1-5H3,(H,25,26)/b16-12-/t17-,20-,22+/m1/s1. The topological polar surface area (TPSA) is 80.7 Å². The number of carboxylic acid groups (broad SMARTS) is 1. The first-order valence-corrected chi connectivity index (χ1v) is 9.75. The van der Waals surface area contributed by atoms with Gasteiger partial charge in [-0.1, -0.05) is 32.8 Å². The van der Waals surface area contributed by atoms with E-state index in [4.69, 9.17) is 9.84 Å². The molecule has 0 spiro atoms. The predicted octanol–water partition coefficient (Wildman–Crippen LogP) is 4.32. The van der Waals surface area contributed by atoms with Crippen LogP contribution in [0.25, 0.3) is 0 Å². The lowest BCUT2D eigenvalue weighted by Crippen LogP contribution is -2.52. The van der Waals surface area contributed by atoms with Gasteiger partial charge in [-0.05, 0) is 61.0 Å². The quantitative estimate of drug-likeness (QED) is 0.551. The average molecular weight is 376 g/mol. The molecule has 0 heterocycles. The van der Waals surface area contributed by atoms with Gasteiger partial charge in [0.05, 0.1) is 0 Å². The summed E-state index contributed by atoms with van der Waals surface area (Å²) in [6.07, 6.45) is 7.38. The van der Waals surface area contributed by atoms with Crippen LogP contribution in [0.15, 0.2) is 23.3 Å². The number of carbonyl (C=O) groups excluding carboxylic acids is 2. The van der Waals surface area contributed by atoms with E-state index in [0.717, 1.165) is 37.3 Å². The van der Waals surface area contributed by atoms with Crippen LogP contribution in [0.4, 0.5) is 0 Å². The highest BCUT2D eigenvalue weighted by Crippen LogP contribution is 2.59. The van der Waals surface area contributed by atoms with Gasteiger partial charge in [0.25, 0.3) is 0 Å². The van der Waals surface area contributed by atoms with E-state index >= 15 is 0 Å². The molecule has 2 aliphatic carbocycles. The summed E-state index contributed by atoms with van der Waals surface area (Å²) in [5.74, 6) is -1.02. The van der Waals surface area contributed by atoms with E-state index in [1.807, 2.05) is 6.92 Å². The largest absolute Gasteiger partial charge is 0.478 e. The van der Waals surface area contributed by atoms with Crippen LogP contribution < -0.4 is 0 Å². The Morgan fingerprint density at radius 3 is 2.56 bits per heavy atom. The number of carbonyl (C=O) groups is 3. The van der Waals surface area contributed by atoms with Gasteiger partial charge in [-0.3, -0.25) is 9.59 Å². The second-order valence-corrected chi connectivity index (χ2v) is 9.08. The van der Waals surface area contributed by atoms with Gasteiger partial charge in [-0.25, -0.2) is 4.79 Å². The zero-order valence-electron chi connectivity index (χ0n) is 17.1. The van der Waals surface area contributed by atoms with E-state index in [1.54, 1.807) is 6.08 Å². The van der Waals surface area contributed by atoms with Crippen molar-refractivity contribution in [2.45, 2.75) is 66.7 Å². The van der Waals surface area contributed by atoms with E-state index in [1.165, 1.54) is 6.92 Å². The van der Waals surface area contributed by atoms with Crippen LogP contribution >= 0.6 is 0 Å². The maximum Gasteiger partial charge on any atom is 0.328 e. The molecule has 0 radical (unpaired) electrons. The van der Waals surface area contributed by atoms with Crippen molar-refractivity contribution in [3.05, 3.63) is 23.3 Å². The van der Waals surface area contributed by atoms with Gasteiger partial charge in [0, 0.05) is 18.9 Å². The molecule has 0 amide bonds. The summed E-state index contributed by atoms with van der Waals surface area (Å²) in [6, 6.07) is 0. The molecule has 0 aliphatic heterocycles. The second kappa shape index (κ2) is 7.99. The summed E-state index contributed by atoms with van der Waals surface area (Å²) in [6.45, 7) is 9.93. The summed E-state index contributed by atoms with van der Waals surface area (Å²) < 4.78 is 5.01. The molecule has 1 saturated carbocycles. The number of rotatable bonds is 6. The number of hydrogen-bond acceptors (Lipinski definition) is 4. The van der Waals surface area contributed by atoms with Crippen LogP contribution in [-0.4, -0.2) is 29.4 Å². The van der Waals surface area contributed by atoms with Gasteiger partial charge in [0.1, 0.15) is 6.61 Å². The molecule has 0 unspecified atom stereocenters. The van der Waals surface area contributed by atoms with Crippen molar-refractivity contribution in [3.8, 4) is 0 Å². The van der Waals surface area contributed by atoms with Gasteiger partial charge in [0.2, 0.25) is 0 Å². The fraction of sp³-hybridized carbons (Fsp3) is 0.682. The number of ether oxygens (including phenoxy) is 1. The zero-order valence-corrected chi connectivity index (χ0v) is 17.1. The number of carboxylic acids is 1. The zero-order chi connectivity index (χ0) is 20.4. The molecule has 0 aromatic heterocycles. The number of fused-ring (bicyclic) bond motifs is 1. The van der Waals surface area contributed by atoms with Crippen LogP contribution in [0.3, 0.4) is 0 Å². The lowest BCUT2D eigenvalue weighted by Gasteiger charge is -2.55. The normalized spacial score (nSPS) is 30.3. The minimum Gasteiger partial charge on any atom is -0.478 e. The van der Waals surface area contributed by atoms with Crippen molar-refractivity contribution in [1.82, 2.24) is 0 Å². The SMILES string of the molecule is CC(=O)OC/C(=C\C(=O)O)CC[C@@H]1C(C)=CC(=O)[C@@H]2C(C)(C)CCC[C@@]12C. The number of aliphatic carboxylic acids is 1. The fourth-order valence-electron chi connectivity index (χ4n) is 5.56. The van der Waals surface area contributed by atoms with Crippen molar-refractivity contribution >= 4 is 17.7 Å². The van der Waals surface area contributed by atoms with Crippen molar-refractivity contribution in [1.29, 1.82) is 0 Å². The van der Waals surface area contributed by atoms with E-state index in [9.17, 15) is 14.4 Å². The smallest absolute Gasteiger partial charge is 0.328 e. The Kier molecular flexibility index (Phi) is 6.33. The predicted molar refractivity (Wildman–Crippen MR) is 103 cm³/mol. The van der Waals surface area contributed by atoms with E-state index in [-0.39, 0.29) is 35.1 Å². The molecule has 1 N–H and O–H groups in total. The Morgan fingerprint density at radius 1 is 1.30 bits per heavy atom. The molecule has 2 aliphatic rings. The molecule has 0 aromatic carbocycles. The first kappa shape index (κ1) is 21.4. The molecule has 150 valence electrons. The second-order valence-electron chi connectivity index (χ2n) is 9.08. The Labute approximate surface area is 161 Å². The van der Waals surface area contributed by atoms with E-state index in [0.29, 0.717) is 12.0 Å². The lowest BCUT2D eigenvalue weighted by atomic mass is 9.48. The Bertz CT molecular complexity index is 685. The van der Waals surface area contributed by atoms with Crippen LogP contribution in [0.2, 0.25) is 0 Å². The average Bonchev–Trinajstić information content (AvgIpc) is 2.49. The lowest BCUT2D eigenvalue weighted by molar-refractivity contribution is -0.140. The maximum atomic E-state index is 12.8. The van der Waals surface area contributed by atoms with Gasteiger partial charge >= 0.3 is 11.9 Å². The molecule has 2 rings (SSSR count). The summed E-state index contributed by atoms with van der Waals surface area (Å²) in [4.78, 5) is 35.1. The molecule has 1 fully saturated rings. The summed E-state index contributed by atoms with van der Waals surface area (Å²) in [5, 5.41) is 9.11. The van der Waals surface area contributed by atoms with Crippen LogP contribution in [0.1, 0.15) is 66.7 Å². The monoisotopic (exact) mass is 376 g/mol. The van der Waals surface area contributed by atoms with Crippen molar-refractivity contribution < 1.29 is 24.2 Å². The van der Waals surface area contributed by atoms with Crippen molar-refractivity contribution in [2.24, 2.45) is 22.7 Å². The highest BCUT2D eigenvalue weighted by atomic mass is 16.5. The Balaban J connectivity index is 2.25. The van der Waals surface area contributed by atoms with Crippen LogP contribution in [-0.2, 0) is 19.1 Å². The molecular formula is C22H32O5. The van der Waals surface area contributed by atoms with E-state index in [2.05, 4.69) is 20.8 Å². The van der Waals surface area contributed by atoms with Crippen molar-refractivity contribution in [2.75, 3.05) is 6.61 Å². The molecule has 0 saturated heterocycles. The van der Waals surface area contributed by atoms with Crippen LogP contribution in [0, 0.1) is 22.7 Å². The minimum absolute atomic E-state index is 0.00167. The third-order valence-corrected chi connectivity index (χ3v) is 6.52. The fourth-order valence-corrected chi connectivity index (χ4v) is 5.56. The van der Waals surface area contributed by atoms with Gasteiger partial charge in [-0.2, -0.15) is 0 Å². The van der Waals surface area contributed by atoms with Crippen molar-refractivity contribution in [3.63, 3.8) is 0 Å². The van der Waals surface area contributed by atoms with Gasteiger partial charge in [-0.15, -0.1) is 0 Å². The summed E-state index contributed by atoms with van der Waals surface area (Å²) >= 11 is 0. The highest BCUT2D eigenvalue weighted by molar-refractivity contribution is 5.95.